The van der Waals surface area contributed by atoms with Crippen LogP contribution < -0.4 is 11.1 Å². The first-order chi connectivity index (χ1) is 10.9. The molecule has 1 aromatic carbocycles. The fourth-order valence-electron chi connectivity index (χ4n) is 2.55. The monoisotopic (exact) mass is 319 g/mol. The molecule has 3 rings (SSSR count). The van der Waals surface area contributed by atoms with Crippen LogP contribution in [0.5, 0.6) is 0 Å². The highest BCUT2D eigenvalue weighted by Crippen LogP contribution is 2.32. The van der Waals surface area contributed by atoms with Gasteiger partial charge in [0.15, 0.2) is 0 Å². The van der Waals surface area contributed by atoms with E-state index in [1.54, 1.807) is 6.07 Å². The van der Waals surface area contributed by atoms with Gasteiger partial charge in [0, 0.05) is 0 Å². The third-order valence-corrected chi connectivity index (χ3v) is 4.05. The Morgan fingerprint density at radius 1 is 1.57 bits per heavy atom. The van der Waals surface area contributed by atoms with Gasteiger partial charge < -0.3 is 15.8 Å². The van der Waals surface area contributed by atoms with Crippen LogP contribution in [0, 0.1) is 5.82 Å². The predicted octanol–water partition coefficient (Wildman–Crippen LogP) is 0.258. The van der Waals surface area contributed by atoms with Gasteiger partial charge in [-0.25, -0.2) is 13.9 Å². The molecule has 0 aliphatic carbocycles. The number of carbonyl (C=O) groups excluding carboxylic acids is 2. The number of carbonyl (C=O) groups is 2. The van der Waals surface area contributed by atoms with Crippen molar-refractivity contribution in [3.8, 4) is 5.69 Å². The molecule has 2 aromatic rings. The van der Waals surface area contributed by atoms with Gasteiger partial charge >= 0.3 is 6.09 Å². The molecular weight excluding hydrogens is 305 g/mol. The van der Waals surface area contributed by atoms with Gasteiger partial charge in [-0.15, -0.1) is 5.10 Å². The summed E-state index contributed by atoms with van der Waals surface area (Å²) in [7, 11) is 0. The zero-order valence-electron chi connectivity index (χ0n) is 12.2. The minimum Gasteiger partial charge on any atom is -0.443 e. The number of hydrogen-bond acceptors (Lipinski definition) is 5. The van der Waals surface area contributed by atoms with E-state index in [-0.39, 0.29) is 12.2 Å². The number of primary amides is 1. The molecule has 120 valence electrons. The first kappa shape index (κ1) is 14.9. The molecule has 0 spiro atoms. The van der Waals surface area contributed by atoms with Crippen LogP contribution in [-0.2, 0) is 14.9 Å². The van der Waals surface area contributed by atoms with Gasteiger partial charge in [-0.1, -0.05) is 11.3 Å². The highest BCUT2D eigenvalue weighted by Gasteiger charge is 2.47. The summed E-state index contributed by atoms with van der Waals surface area (Å²) in [4.78, 5) is 23.2. The normalized spacial score (nSPS) is 19.7. The van der Waals surface area contributed by atoms with Crippen molar-refractivity contribution in [3.63, 3.8) is 0 Å². The maximum absolute atomic E-state index is 14.4. The van der Waals surface area contributed by atoms with Crippen molar-refractivity contribution < 1.29 is 18.7 Å². The third kappa shape index (κ3) is 2.39. The SMILES string of the molecule is CC(C(N)=O)(c1ccc(-n2ccnn2)c(F)c1)C1CNC(=O)O1. The van der Waals surface area contributed by atoms with E-state index in [9.17, 15) is 14.0 Å². The molecule has 0 radical (unpaired) electrons. The zero-order valence-corrected chi connectivity index (χ0v) is 12.2. The Morgan fingerprint density at radius 2 is 2.35 bits per heavy atom. The summed E-state index contributed by atoms with van der Waals surface area (Å²) in [6, 6.07) is 4.20. The molecule has 0 saturated carbocycles. The first-order valence-corrected chi connectivity index (χ1v) is 6.84. The number of cyclic esters (lactones) is 1. The Hall–Kier alpha value is -2.97. The zero-order chi connectivity index (χ0) is 16.6. The molecule has 1 saturated heterocycles. The smallest absolute Gasteiger partial charge is 0.407 e. The molecule has 2 heterocycles. The molecule has 1 aliphatic heterocycles. The van der Waals surface area contributed by atoms with Crippen molar-refractivity contribution in [2.75, 3.05) is 6.54 Å². The number of ether oxygens (including phenoxy) is 1. The lowest BCUT2D eigenvalue weighted by atomic mass is 9.76. The van der Waals surface area contributed by atoms with Crippen LogP contribution in [0.15, 0.2) is 30.6 Å². The third-order valence-electron chi connectivity index (χ3n) is 4.05. The fraction of sp³-hybridized carbons (Fsp3) is 0.286. The second-order valence-electron chi connectivity index (χ2n) is 5.36. The van der Waals surface area contributed by atoms with E-state index in [0.717, 1.165) is 0 Å². The number of benzene rings is 1. The molecule has 3 N–H and O–H groups in total. The van der Waals surface area contributed by atoms with Crippen LogP contribution >= 0.6 is 0 Å². The molecule has 2 amide bonds. The molecule has 1 aliphatic rings. The Bertz CT molecular complexity index is 764. The molecule has 1 fully saturated rings. The van der Waals surface area contributed by atoms with Gasteiger partial charge in [-0.3, -0.25) is 4.79 Å². The number of alkyl carbamates (subject to hydrolysis) is 1. The number of amides is 2. The maximum atomic E-state index is 14.4. The number of halogens is 1. The van der Waals surface area contributed by atoms with Crippen LogP contribution in [0.2, 0.25) is 0 Å². The average molecular weight is 319 g/mol. The van der Waals surface area contributed by atoms with Gasteiger partial charge in [-0.05, 0) is 24.6 Å². The van der Waals surface area contributed by atoms with Crippen LogP contribution in [0.3, 0.4) is 0 Å². The largest absolute Gasteiger partial charge is 0.443 e. The van der Waals surface area contributed by atoms with Crippen LogP contribution in [0.4, 0.5) is 9.18 Å². The fourth-order valence-corrected chi connectivity index (χ4v) is 2.55. The second kappa shape index (κ2) is 5.34. The highest BCUT2D eigenvalue weighted by atomic mass is 19.1. The molecule has 2 unspecified atom stereocenters. The van der Waals surface area contributed by atoms with Crippen molar-refractivity contribution in [1.29, 1.82) is 0 Å². The van der Waals surface area contributed by atoms with E-state index in [0.29, 0.717) is 5.56 Å². The quantitative estimate of drug-likeness (QED) is 0.839. The minimum atomic E-state index is -1.36. The lowest BCUT2D eigenvalue weighted by molar-refractivity contribution is -0.126. The Kier molecular flexibility index (Phi) is 3.47. The average Bonchev–Trinajstić information content (AvgIpc) is 3.17. The standard InChI is InChI=1S/C14H14FN5O3/c1-14(12(16)21,11-7-17-13(22)23-11)8-2-3-10(9(15)6-8)20-5-4-18-19-20/h2-6,11H,7H2,1H3,(H2,16,21)(H,17,22). The molecule has 2 atom stereocenters. The van der Waals surface area contributed by atoms with Gasteiger partial charge in [0.2, 0.25) is 5.91 Å². The summed E-state index contributed by atoms with van der Waals surface area (Å²) in [5.41, 5.74) is 4.64. The first-order valence-electron chi connectivity index (χ1n) is 6.84. The molecule has 23 heavy (non-hydrogen) atoms. The van der Waals surface area contributed by atoms with E-state index in [1.807, 2.05) is 0 Å². The number of hydrogen-bond donors (Lipinski definition) is 2. The van der Waals surface area contributed by atoms with Crippen LogP contribution in [-0.4, -0.2) is 39.6 Å². The summed E-state index contributed by atoms with van der Waals surface area (Å²) >= 11 is 0. The van der Waals surface area contributed by atoms with Crippen molar-refractivity contribution in [2.45, 2.75) is 18.4 Å². The van der Waals surface area contributed by atoms with Gasteiger partial charge in [0.05, 0.1) is 18.9 Å². The van der Waals surface area contributed by atoms with E-state index in [2.05, 4.69) is 15.6 Å². The predicted molar refractivity (Wildman–Crippen MR) is 76.1 cm³/mol. The van der Waals surface area contributed by atoms with E-state index in [1.165, 1.54) is 36.1 Å². The number of aromatic nitrogens is 3. The lowest BCUT2D eigenvalue weighted by Crippen LogP contribution is -2.49. The number of nitrogens with one attached hydrogen (secondary N) is 1. The van der Waals surface area contributed by atoms with Gasteiger partial charge in [-0.2, -0.15) is 0 Å². The highest BCUT2D eigenvalue weighted by molar-refractivity contribution is 5.88. The van der Waals surface area contributed by atoms with E-state index in [4.69, 9.17) is 10.5 Å². The summed E-state index contributed by atoms with van der Waals surface area (Å²) < 4.78 is 20.8. The number of rotatable bonds is 4. The topological polar surface area (TPSA) is 112 Å². The number of nitrogens with two attached hydrogens (primary N) is 1. The summed E-state index contributed by atoms with van der Waals surface area (Å²) in [5, 5.41) is 9.80. The molecule has 9 heteroatoms. The second-order valence-corrected chi connectivity index (χ2v) is 5.36. The number of nitrogens with zero attached hydrogens (tertiary/aromatic N) is 3. The lowest BCUT2D eigenvalue weighted by Gasteiger charge is -2.31. The molecule has 8 nitrogen and oxygen atoms in total. The minimum absolute atomic E-state index is 0.116. The summed E-state index contributed by atoms with van der Waals surface area (Å²) in [6.07, 6.45) is 1.46. The van der Waals surface area contributed by atoms with Gasteiger partial charge in [0.1, 0.15) is 23.0 Å². The molecule has 1 aromatic heterocycles. The van der Waals surface area contributed by atoms with Crippen molar-refractivity contribution in [2.24, 2.45) is 5.73 Å². The maximum Gasteiger partial charge on any atom is 0.407 e. The van der Waals surface area contributed by atoms with E-state index >= 15 is 0 Å². The van der Waals surface area contributed by atoms with Crippen LogP contribution in [0.1, 0.15) is 12.5 Å². The molecular formula is C14H14FN5O3. The van der Waals surface area contributed by atoms with Gasteiger partial charge in [0.25, 0.3) is 0 Å². The van der Waals surface area contributed by atoms with E-state index < -0.39 is 29.3 Å². The van der Waals surface area contributed by atoms with Crippen molar-refractivity contribution in [3.05, 3.63) is 42.0 Å². The molecule has 0 bridgehead atoms. The van der Waals surface area contributed by atoms with Crippen LogP contribution in [0.25, 0.3) is 5.69 Å². The Balaban J connectivity index is 2.02. The van der Waals surface area contributed by atoms with Crippen molar-refractivity contribution >= 4 is 12.0 Å². The Morgan fingerprint density at radius 3 is 2.87 bits per heavy atom. The Labute approximate surface area is 130 Å². The summed E-state index contributed by atoms with van der Waals surface area (Å²) in [5.74, 6) is -1.32. The van der Waals surface area contributed by atoms with Crippen molar-refractivity contribution in [1.82, 2.24) is 20.3 Å². The summed E-state index contributed by atoms with van der Waals surface area (Å²) in [6.45, 7) is 1.63.